The molecule has 0 N–H and O–H groups in total. The second kappa shape index (κ2) is 7.77. The fraction of sp³-hybridized carbons (Fsp3) is 0.625. The first-order chi connectivity index (χ1) is 10.8. The highest BCUT2D eigenvalue weighted by Gasteiger charge is 2.30. The van der Waals surface area contributed by atoms with Crippen molar-refractivity contribution < 1.29 is 16.8 Å². The summed E-state index contributed by atoms with van der Waals surface area (Å²) in [4.78, 5) is 0.345. The van der Waals surface area contributed by atoms with Gasteiger partial charge in [0.15, 0.2) is 9.84 Å². The summed E-state index contributed by atoms with van der Waals surface area (Å²) in [5, 5.41) is 0. The molecule has 23 heavy (non-hydrogen) atoms. The molecule has 5 nitrogen and oxygen atoms in total. The second-order valence-corrected chi connectivity index (χ2v) is 10.2. The summed E-state index contributed by atoms with van der Waals surface area (Å²) in [7, 11) is -6.48. The maximum Gasteiger partial charge on any atom is 0.214 e. The van der Waals surface area contributed by atoms with Crippen LogP contribution in [0.25, 0.3) is 0 Å². The number of sulfonamides is 1. The summed E-state index contributed by atoms with van der Waals surface area (Å²) in [6.07, 6.45) is 2.74. The molecule has 1 heterocycles. The molecule has 0 saturated carbocycles. The maximum atomic E-state index is 12.4. The Hall–Kier alpha value is -0.920. The van der Waals surface area contributed by atoms with E-state index in [9.17, 15) is 16.8 Å². The molecule has 1 aliphatic rings. The van der Waals surface area contributed by atoms with Gasteiger partial charge in [0.05, 0.1) is 16.4 Å². The van der Waals surface area contributed by atoms with Crippen molar-refractivity contribution in [1.82, 2.24) is 4.31 Å². The molecule has 1 aromatic carbocycles. The third-order valence-electron chi connectivity index (χ3n) is 4.28. The van der Waals surface area contributed by atoms with Crippen molar-refractivity contribution in [3.8, 4) is 0 Å². The lowest BCUT2D eigenvalue weighted by Gasteiger charge is -2.31. The highest BCUT2D eigenvalue weighted by atomic mass is 32.2. The number of benzene rings is 1. The number of unbranched alkanes of at least 4 members (excludes halogenated alkanes) is 1. The molecular weight excluding hydrogens is 334 g/mol. The lowest BCUT2D eigenvalue weighted by atomic mass is 10.0. The van der Waals surface area contributed by atoms with Gasteiger partial charge in [-0.2, -0.15) is 0 Å². The second-order valence-electron chi connectivity index (χ2n) is 6.11. The fourth-order valence-electron chi connectivity index (χ4n) is 2.84. The Morgan fingerprint density at radius 1 is 1.04 bits per heavy atom. The molecule has 130 valence electrons. The Kier molecular flexibility index (Phi) is 6.22. The van der Waals surface area contributed by atoms with Crippen LogP contribution >= 0.6 is 0 Å². The van der Waals surface area contributed by atoms with Gasteiger partial charge in [-0.05, 0) is 37.3 Å². The summed E-state index contributed by atoms with van der Waals surface area (Å²) in [5.41, 5.74) is 0. The van der Waals surface area contributed by atoms with E-state index in [4.69, 9.17) is 0 Å². The first-order valence-corrected chi connectivity index (χ1v) is 11.4. The zero-order valence-electron chi connectivity index (χ0n) is 13.5. The van der Waals surface area contributed by atoms with Crippen molar-refractivity contribution in [3.63, 3.8) is 0 Å². The minimum atomic E-state index is -3.30. The van der Waals surface area contributed by atoms with Gasteiger partial charge in [0.2, 0.25) is 10.0 Å². The lowest BCUT2D eigenvalue weighted by Crippen LogP contribution is -2.41. The third kappa shape index (κ3) is 5.02. The number of rotatable bonds is 7. The molecule has 0 aromatic heterocycles. The van der Waals surface area contributed by atoms with Crippen molar-refractivity contribution in [3.05, 3.63) is 30.3 Å². The zero-order chi connectivity index (χ0) is 16.9. The Morgan fingerprint density at radius 3 is 2.22 bits per heavy atom. The normalized spacial score (nSPS) is 18.1. The van der Waals surface area contributed by atoms with Crippen LogP contribution in [-0.2, 0) is 19.9 Å². The highest BCUT2D eigenvalue weighted by Crippen LogP contribution is 2.24. The van der Waals surface area contributed by atoms with Gasteiger partial charge in [-0.3, -0.25) is 0 Å². The maximum absolute atomic E-state index is 12.4. The van der Waals surface area contributed by atoms with Crippen LogP contribution in [0.4, 0.5) is 0 Å². The molecule has 1 saturated heterocycles. The van der Waals surface area contributed by atoms with Gasteiger partial charge in [-0.1, -0.05) is 31.5 Å². The molecule has 0 bridgehead atoms. The van der Waals surface area contributed by atoms with E-state index in [2.05, 4.69) is 0 Å². The summed E-state index contributed by atoms with van der Waals surface area (Å²) in [5.74, 6) is 0.314. The van der Waals surface area contributed by atoms with E-state index in [1.807, 2.05) is 6.92 Å². The smallest absolute Gasteiger partial charge is 0.214 e. The molecule has 1 aromatic rings. The molecule has 2 rings (SSSR count). The molecule has 0 aliphatic carbocycles. The topological polar surface area (TPSA) is 71.5 Å². The van der Waals surface area contributed by atoms with Gasteiger partial charge in [0.25, 0.3) is 0 Å². The van der Waals surface area contributed by atoms with Crippen LogP contribution in [0.2, 0.25) is 0 Å². The Balaban J connectivity index is 1.93. The number of sulfone groups is 1. The third-order valence-corrected chi connectivity index (χ3v) is 8.14. The fourth-order valence-corrected chi connectivity index (χ4v) is 6.24. The van der Waals surface area contributed by atoms with Gasteiger partial charge in [0, 0.05) is 13.1 Å². The van der Waals surface area contributed by atoms with Gasteiger partial charge in [0.1, 0.15) is 0 Å². The average Bonchev–Trinajstić information content (AvgIpc) is 2.54. The number of hydrogen-bond acceptors (Lipinski definition) is 4. The van der Waals surface area contributed by atoms with E-state index in [0.717, 1.165) is 6.42 Å². The largest absolute Gasteiger partial charge is 0.224 e. The van der Waals surface area contributed by atoms with Crippen molar-refractivity contribution in [2.75, 3.05) is 24.6 Å². The quantitative estimate of drug-likeness (QED) is 0.749. The van der Waals surface area contributed by atoms with Crippen molar-refractivity contribution in [1.29, 1.82) is 0 Å². The van der Waals surface area contributed by atoms with E-state index in [1.165, 1.54) is 4.31 Å². The van der Waals surface area contributed by atoms with Crippen LogP contribution in [0.15, 0.2) is 35.2 Å². The standard InChI is InChI=1S/C16H25NO4S2/c1-2-3-13-23(20,21)17-11-9-15(10-12-17)14-22(18,19)16-7-5-4-6-8-16/h4-8,15H,2-3,9-14H2,1H3. The van der Waals surface area contributed by atoms with Crippen LogP contribution in [0.5, 0.6) is 0 Å². The average molecular weight is 360 g/mol. The van der Waals surface area contributed by atoms with E-state index in [-0.39, 0.29) is 17.4 Å². The van der Waals surface area contributed by atoms with E-state index >= 15 is 0 Å². The first kappa shape index (κ1) is 18.4. The predicted molar refractivity (Wildman–Crippen MR) is 91.5 cm³/mol. The number of piperidine rings is 1. The number of hydrogen-bond donors (Lipinski definition) is 0. The predicted octanol–water partition coefficient (Wildman–Crippen LogP) is 2.30. The van der Waals surface area contributed by atoms with E-state index < -0.39 is 19.9 Å². The Morgan fingerprint density at radius 2 is 1.65 bits per heavy atom. The van der Waals surface area contributed by atoms with Crippen molar-refractivity contribution in [2.24, 2.45) is 5.92 Å². The van der Waals surface area contributed by atoms with Crippen molar-refractivity contribution in [2.45, 2.75) is 37.5 Å². The Labute approximate surface area is 139 Å². The Bertz CT molecular complexity index is 691. The monoisotopic (exact) mass is 359 g/mol. The van der Waals surface area contributed by atoms with Gasteiger partial charge in [-0.25, -0.2) is 21.1 Å². The molecule has 1 fully saturated rings. The lowest BCUT2D eigenvalue weighted by molar-refractivity contribution is 0.289. The van der Waals surface area contributed by atoms with Gasteiger partial charge >= 0.3 is 0 Å². The molecule has 0 atom stereocenters. The minimum absolute atomic E-state index is 0.0258. The molecule has 0 spiro atoms. The first-order valence-electron chi connectivity index (χ1n) is 8.11. The van der Waals surface area contributed by atoms with Gasteiger partial charge in [-0.15, -0.1) is 0 Å². The van der Waals surface area contributed by atoms with Crippen LogP contribution in [0.3, 0.4) is 0 Å². The summed E-state index contributed by atoms with van der Waals surface area (Å²) >= 11 is 0. The van der Waals surface area contributed by atoms with Gasteiger partial charge < -0.3 is 0 Å². The SMILES string of the molecule is CCCCS(=O)(=O)N1CCC(CS(=O)(=O)c2ccccc2)CC1. The van der Waals surface area contributed by atoms with Crippen LogP contribution < -0.4 is 0 Å². The summed E-state index contributed by atoms with van der Waals surface area (Å²) in [6, 6.07) is 8.45. The van der Waals surface area contributed by atoms with E-state index in [0.29, 0.717) is 37.2 Å². The molecule has 1 aliphatic heterocycles. The molecular formula is C16H25NO4S2. The van der Waals surface area contributed by atoms with Crippen LogP contribution in [0.1, 0.15) is 32.6 Å². The molecule has 7 heteroatoms. The minimum Gasteiger partial charge on any atom is -0.224 e. The molecule has 0 radical (unpaired) electrons. The number of nitrogens with zero attached hydrogens (tertiary/aromatic N) is 1. The zero-order valence-corrected chi connectivity index (χ0v) is 15.2. The van der Waals surface area contributed by atoms with Crippen LogP contribution in [-0.4, -0.2) is 45.7 Å². The van der Waals surface area contributed by atoms with Crippen LogP contribution in [0, 0.1) is 5.92 Å². The summed E-state index contributed by atoms with van der Waals surface area (Å²) in [6.45, 7) is 2.83. The molecule has 0 amide bonds. The summed E-state index contributed by atoms with van der Waals surface area (Å²) < 4.78 is 50.6. The highest BCUT2D eigenvalue weighted by molar-refractivity contribution is 7.91. The molecule has 0 unspecified atom stereocenters. The van der Waals surface area contributed by atoms with Crippen molar-refractivity contribution >= 4 is 19.9 Å². The van der Waals surface area contributed by atoms with E-state index in [1.54, 1.807) is 30.3 Å².